The molecule has 1 atom stereocenters. The number of rotatable bonds is 6. The first kappa shape index (κ1) is 19.8. The van der Waals surface area contributed by atoms with Gasteiger partial charge in [0.25, 0.3) is 5.91 Å². The molecule has 0 aromatic heterocycles. The molecule has 28 heavy (non-hydrogen) atoms. The molecule has 2 aromatic rings. The van der Waals surface area contributed by atoms with Gasteiger partial charge in [0.05, 0.1) is 19.8 Å². The summed E-state index contributed by atoms with van der Waals surface area (Å²) in [6, 6.07) is 7.99. The summed E-state index contributed by atoms with van der Waals surface area (Å²) in [6.45, 7) is 1.62. The first-order valence-corrected chi connectivity index (χ1v) is 9.05. The molecule has 1 aliphatic heterocycles. The summed E-state index contributed by atoms with van der Waals surface area (Å²) in [6.07, 6.45) is -1.03. The third-order valence-corrected chi connectivity index (χ3v) is 4.76. The molecule has 1 aliphatic rings. The van der Waals surface area contributed by atoms with Crippen molar-refractivity contribution in [3.05, 3.63) is 40.4 Å². The number of anilines is 1. The van der Waals surface area contributed by atoms with Crippen molar-refractivity contribution >= 4 is 33.5 Å². The van der Waals surface area contributed by atoms with Crippen LogP contribution >= 0.6 is 15.9 Å². The van der Waals surface area contributed by atoms with Crippen LogP contribution in [0.2, 0.25) is 0 Å². The Morgan fingerprint density at radius 1 is 1.07 bits per heavy atom. The summed E-state index contributed by atoms with van der Waals surface area (Å²) >= 11 is 3.33. The van der Waals surface area contributed by atoms with Crippen LogP contribution in [0.15, 0.2) is 34.8 Å². The van der Waals surface area contributed by atoms with E-state index in [2.05, 4.69) is 21.2 Å². The zero-order valence-electron chi connectivity index (χ0n) is 15.4. The second kappa shape index (κ2) is 8.39. The molecule has 148 valence electrons. The predicted octanol–water partition coefficient (Wildman–Crippen LogP) is 3.38. The van der Waals surface area contributed by atoms with Crippen LogP contribution in [-0.4, -0.2) is 39.0 Å². The van der Waals surface area contributed by atoms with Gasteiger partial charge >= 0.3 is 5.97 Å². The molecule has 0 radical (unpaired) electrons. The van der Waals surface area contributed by atoms with E-state index in [1.165, 1.54) is 33.3 Å². The van der Waals surface area contributed by atoms with Crippen molar-refractivity contribution in [2.75, 3.05) is 26.3 Å². The maximum Gasteiger partial charge on any atom is 0.339 e. The molecule has 2 aromatic carbocycles. The fourth-order valence-electron chi connectivity index (χ4n) is 2.49. The van der Waals surface area contributed by atoms with Gasteiger partial charge in [-0.1, -0.05) is 0 Å². The number of halogens is 1. The molecule has 0 fully saturated rings. The lowest BCUT2D eigenvalue weighted by molar-refractivity contribution is -0.123. The quantitative estimate of drug-likeness (QED) is 0.672. The lowest BCUT2D eigenvalue weighted by Crippen LogP contribution is -2.30. The Morgan fingerprint density at radius 2 is 1.71 bits per heavy atom. The van der Waals surface area contributed by atoms with E-state index in [1.54, 1.807) is 18.2 Å². The van der Waals surface area contributed by atoms with Gasteiger partial charge in [-0.15, -0.1) is 0 Å². The number of ether oxygens (including phenoxy) is 5. The van der Waals surface area contributed by atoms with E-state index in [9.17, 15) is 9.59 Å². The Bertz CT molecular complexity index is 890. The minimum Gasteiger partial charge on any atom is -0.495 e. The standard InChI is InChI=1S/C19H18BrNO7/c1-10(18(22)21-12-4-5-13-14(8-12)27-9-26-13)28-19(23)11-6-15(24-2)17(20)16(7-11)25-3/h4-8,10H,9H2,1-3H3,(H,21,22). The minimum atomic E-state index is -1.03. The van der Waals surface area contributed by atoms with Gasteiger partial charge in [0, 0.05) is 11.8 Å². The molecular weight excluding hydrogens is 434 g/mol. The largest absolute Gasteiger partial charge is 0.495 e. The maximum atomic E-state index is 12.4. The van der Waals surface area contributed by atoms with Crippen LogP contribution in [0.5, 0.6) is 23.0 Å². The first-order chi connectivity index (χ1) is 13.4. The Balaban J connectivity index is 1.67. The average Bonchev–Trinajstić information content (AvgIpc) is 3.15. The van der Waals surface area contributed by atoms with Crippen LogP contribution in [-0.2, 0) is 9.53 Å². The maximum absolute atomic E-state index is 12.4. The van der Waals surface area contributed by atoms with Gasteiger partial charge in [-0.2, -0.15) is 0 Å². The highest BCUT2D eigenvalue weighted by Crippen LogP contribution is 2.36. The first-order valence-electron chi connectivity index (χ1n) is 8.26. The van der Waals surface area contributed by atoms with E-state index in [4.69, 9.17) is 23.7 Å². The zero-order valence-corrected chi connectivity index (χ0v) is 17.0. The average molecular weight is 452 g/mol. The van der Waals surface area contributed by atoms with E-state index >= 15 is 0 Å². The van der Waals surface area contributed by atoms with Crippen LogP contribution in [0.3, 0.4) is 0 Å². The van der Waals surface area contributed by atoms with Crippen LogP contribution in [0.4, 0.5) is 5.69 Å². The van der Waals surface area contributed by atoms with Crippen LogP contribution in [0.1, 0.15) is 17.3 Å². The smallest absolute Gasteiger partial charge is 0.339 e. The van der Waals surface area contributed by atoms with Gasteiger partial charge in [-0.3, -0.25) is 4.79 Å². The molecule has 9 heteroatoms. The fraction of sp³-hybridized carbons (Fsp3) is 0.263. The normalized spacial score (nSPS) is 12.9. The SMILES string of the molecule is COc1cc(C(=O)OC(C)C(=O)Nc2ccc3c(c2)OCO3)cc(OC)c1Br. The highest BCUT2D eigenvalue weighted by molar-refractivity contribution is 9.10. The lowest BCUT2D eigenvalue weighted by atomic mass is 10.2. The molecule has 0 spiro atoms. The monoisotopic (exact) mass is 451 g/mol. The summed E-state index contributed by atoms with van der Waals surface area (Å²) < 4.78 is 26.8. The van der Waals surface area contributed by atoms with Crippen molar-refractivity contribution in [1.29, 1.82) is 0 Å². The third kappa shape index (κ3) is 4.14. The van der Waals surface area contributed by atoms with E-state index < -0.39 is 18.0 Å². The number of esters is 1. The predicted molar refractivity (Wildman–Crippen MR) is 103 cm³/mol. The number of nitrogens with one attached hydrogen (secondary N) is 1. The third-order valence-electron chi connectivity index (χ3n) is 3.97. The van der Waals surface area contributed by atoms with Crippen molar-refractivity contribution < 1.29 is 33.3 Å². The van der Waals surface area contributed by atoms with Crippen LogP contribution in [0.25, 0.3) is 0 Å². The molecule has 1 heterocycles. The summed E-state index contributed by atoms with van der Waals surface area (Å²) in [4.78, 5) is 24.8. The van der Waals surface area contributed by atoms with E-state index in [0.717, 1.165) is 0 Å². The Hall–Kier alpha value is -2.94. The van der Waals surface area contributed by atoms with Crippen molar-refractivity contribution in [2.24, 2.45) is 0 Å². The number of carbonyl (C=O) groups is 2. The molecular formula is C19H18BrNO7. The highest BCUT2D eigenvalue weighted by atomic mass is 79.9. The molecule has 0 saturated carbocycles. The van der Waals surface area contributed by atoms with Gasteiger partial charge in [0.2, 0.25) is 6.79 Å². The van der Waals surface area contributed by atoms with Crippen molar-refractivity contribution in [2.45, 2.75) is 13.0 Å². The molecule has 0 saturated heterocycles. The van der Waals surface area contributed by atoms with Gasteiger partial charge in [0.1, 0.15) is 16.0 Å². The highest BCUT2D eigenvalue weighted by Gasteiger charge is 2.22. The summed E-state index contributed by atoms with van der Waals surface area (Å²) in [5.74, 6) is 0.792. The molecule has 1 amide bonds. The number of fused-ring (bicyclic) bond motifs is 1. The topological polar surface area (TPSA) is 92.3 Å². The molecule has 3 rings (SSSR count). The number of amides is 1. The second-order valence-corrected chi connectivity index (χ2v) is 6.59. The Kier molecular flexibility index (Phi) is 5.93. The van der Waals surface area contributed by atoms with Crippen molar-refractivity contribution in [3.8, 4) is 23.0 Å². The summed E-state index contributed by atoms with van der Waals surface area (Å²) in [5, 5.41) is 2.67. The number of carbonyl (C=O) groups excluding carboxylic acids is 2. The number of hydrogen-bond donors (Lipinski definition) is 1. The van der Waals surface area contributed by atoms with Gasteiger partial charge in [0.15, 0.2) is 17.6 Å². The molecule has 0 aliphatic carbocycles. The van der Waals surface area contributed by atoms with Gasteiger partial charge in [-0.05, 0) is 47.1 Å². The van der Waals surface area contributed by atoms with E-state index in [0.29, 0.717) is 33.2 Å². The molecule has 8 nitrogen and oxygen atoms in total. The molecule has 1 N–H and O–H groups in total. The molecule has 1 unspecified atom stereocenters. The number of hydrogen-bond acceptors (Lipinski definition) is 7. The van der Waals surface area contributed by atoms with Crippen LogP contribution in [0, 0.1) is 0 Å². The summed E-state index contributed by atoms with van der Waals surface area (Å²) in [5.41, 5.74) is 0.698. The van der Waals surface area contributed by atoms with E-state index in [1.807, 2.05) is 0 Å². The minimum absolute atomic E-state index is 0.140. The molecule has 0 bridgehead atoms. The Morgan fingerprint density at radius 3 is 2.36 bits per heavy atom. The van der Waals surface area contributed by atoms with Crippen molar-refractivity contribution in [1.82, 2.24) is 0 Å². The van der Waals surface area contributed by atoms with Gasteiger partial charge in [-0.25, -0.2) is 4.79 Å². The zero-order chi connectivity index (χ0) is 20.3. The number of benzene rings is 2. The van der Waals surface area contributed by atoms with E-state index in [-0.39, 0.29) is 12.4 Å². The van der Waals surface area contributed by atoms with Crippen LogP contribution < -0.4 is 24.3 Å². The number of methoxy groups -OCH3 is 2. The Labute approximate surface area is 169 Å². The van der Waals surface area contributed by atoms with Gasteiger partial charge < -0.3 is 29.0 Å². The second-order valence-electron chi connectivity index (χ2n) is 5.80. The lowest BCUT2D eigenvalue weighted by Gasteiger charge is -2.15. The summed E-state index contributed by atoms with van der Waals surface area (Å²) in [7, 11) is 2.94. The van der Waals surface area contributed by atoms with Crippen molar-refractivity contribution in [3.63, 3.8) is 0 Å². The fourth-order valence-corrected chi connectivity index (χ4v) is 3.04.